The average molecular weight is 235 g/mol. The molecule has 0 radical (unpaired) electrons. The second-order valence-corrected chi connectivity index (χ2v) is 3.35. The zero-order valence-corrected chi connectivity index (χ0v) is 8.70. The molecule has 0 aliphatic rings. The Balaban J connectivity index is 2.31. The molecule has 2 rings (SSSR count). The molecule has 0 atom stereocenters. The molecule has 86 valence electrons. The van der Waals surface area contributed by atoms with Crippen LogP contribution in [0.5, 0.6) is 0 Å². The Bertz CT molecular complexity index is 550. The third kappa shape index (κ3) is 2.53. The summed E-state index contributed by atoms with van der Waals surface area (Å²) in [4.78, 5) is 3.99. The molecule has 0 aliphatic carbocycles. The first-order valence-electron chi connectivity index (χ1n) is 4.91. The fourth-order valence-electron chi connectivity index (χ4n) is 1.32. The summed E-state index contributed by atoms with van der Waals surface area (Å²) in [5.74, 6) is -3.86. The van der Waals surface area contributed by atoms with Crippen LogP contribution in [0.1, 0.15) is 11.3 Å². The van der Waals surface area contributed by atoms with Gasteiger partial charge in [-0.15, -0.1) is 0 Å². The van der Waals surface area contributed by atoms with E-state index in [9.17, 15) is 13.2 Å². The second-order valence-electron chi connectivity index (χ2n) is 3.35. The average Bonchev–Trinajstić information content (AvgIpc) is 2.36. The summed E-state index contributed by atoms with van der Waals surface area (Å²) in [7, 11) is 0. The number of aromatic nitrogens is 1. The van der Waals surface area contributed by atoms with Crippen LogP contribution < -0.4 is 0 Å². The van der Waals surface area contributed by atoms with Gasteiger partial charge in [0.1, 0.15) is 0 Å². The molecule has 1 nitrogen and oxygen atoms in total. The Hall–Kier alpha value is -2.10. The molecule has 1 aromatic heterocycles. The Kier molecular flexibility index (Phi) is 3.23. The molecule has 0 aliphatic heterocycles. The van der Waals surface area contributed by atoms with Gasteiger partial charge in [-0.3, -0.25) is 4.98 Å². The molecule has 0 saturated carbocycles. The van der Waals surface area contributed by atoms with Gasteiger partial charge in [-0.05, 0) is 36.4 Å². The molecule has 0 unspecified atom stereocenters. The third-order valence-electron chi connectivity index (χ3n) is 2.19. The van der Waals surface area contributed by atoms with Crippen LogP contribution in [0.3, 0.4) is 0 Å². The fourth-order valence-corrected chi connectivity index (χ4v) is 1.32. The minimum absolute atomic E-state index is 0.0189. The fraction of sp³-hybridized carbons (Fsp3) is 0. The van der Waals surface area contributed by atoms with Gasteiger partial charge in [0.05, 0.1) is 5.69 Å². The van der Waals surface area contributed by atoms with E-state index in [1.807, 2.05) is 0 Å². The first-order chi connectivity index (χ1) is 8.18. The van der Waals surface area contributed by atoms with Crippen LogP contribution in [-0.4, -0.2) is 4.98 Å². The number of rotatable bonds is 2. The predicted molar refractivity (Wildman–Crippen MR) is 59.5 cm³/mol. The highest BCUT2D eigenvalue weighted by Crippen LogP contribution is 2.17. The summed E-state index contributed by atoms with van der Waals surface area (Å²) in [5, 5.41) is 0. The van der Waals surface area contributed by atoms with Gasteiger partial charge >= 0.3 is 0 Å². The monoisotopic (exact) mass is 235 g/mol. The second kappa shape index (κ2) is 4.82. The van der Waals surface area contributed by atoms with Crippen LogP contribution in [0.25, 0.3) is 12.2 Å². The van der Waals surface area contributed by atoms with Gasteiger partial charge in [0.2, 0.25) is 0 Å². The van der Waals surface area contributed by atoms with Gasteiger partial charge in [-0.2, -0.15) is 0 Å². The summed E-state index contributed by atoms with van der Waals surface area (Å²) in [6.07, 6.45) is 4.46. The van der Waals surface area contributed by atoms with Crippen LogP contribution in [0, 0.1) is 17.5 Å². The van der Waals surface area contributed by atoms with Crippen molar-refractivity contribution in [2.75, 3.05) is 0 Å². The summed E-state index contributed by atoms with van der Waals surface area (Å²) in [6, 6.07) is 7.29. The van der Waals surface area contributed by atoms with Crippen LogP contribution in [0.2, 0.25) is 0 Å². The van der Waals surface area contributed by atoms with Crippen LogP contribution in [0.15, 0.2) is 36.5 Å². The van der Waals surface area contributed by atoms with Gasteiger partial charge < -0.3 is 0 Å². The van der Waals surface area contributed by atoms with Crippen molar-refractivity contribution in [2.45, 2.75) is 0 Å². The highest BCUT2D eigenvalue weighted by atomic mass is 19.2. The lowest BCUT2D eigenvalue weighted by molar-refractivity contribution is 0.446. The van der Waals surface area contributed by atoms with E-state index in [0.717, 1.165) is 6.07 Å². The Labute approximate surface area is 96.2 Å². The Morgan fingerprint density at radius 2 is 1.71 bits per heavy atom. The van der Waals surface area contributed by atoms with Crippen molar-refractivity contribution < 1.29 is 13.2 Å². The van der Waals surface area contributed by atoms with Crippen molar-refractivity contribution in [3.63, 3.8) is 0 Å². The largest absolute Gasteiger partial charge is 0.257 e. The summed E-state index contributed by atoms with van der Waals surface area (Å²) >= 11 is 0. The molecule has 1 aromatic carbocycles. The van der Waals surface area contributed by atoms with E-state index in [2.05, 4.69) is 4.98 Å². The Morgan fingerprint density at radius 1 is 0.882 bits per heavy atom. The van der Waals surface area contributed by atoms with Crippen LogP contribution >= 0.6 is 0 Å². The zero-order valence-electron chi connectivity index (χ0n) is 8.70. The molecule has 0 spiro atoms. The van der Waals surface area contributed by atoms with Gasteiger partial charge in [-0.1, -0.05) is 6.07 Å². The van der Waals surface area contributed by atoms with Gasteiger partial charge in [0.15, 0.2) is 17.5 Å². The van der Waals surface area contributed by atoms with E-state index >= 15 is 0 Å². The summed E-state index contributed by atoms with van der Waals surface area (Å²) in [6.45, 7) is 0. The van der Waals surface area contributed by atoms with Gasteiger partial charge in [-0.25, -0.2) is 13.2 Å². The zero-order chi connectivity index (χ0) is 12.3. The molecule has 0 bridgehead atoms. The smallest absolute Gasteiger partial charge is 0.195 e. The number of hydrogen-bond acceptors (Lipinski definition) is 1. The van der Waals surface area contributed by atoms with Crippen molar-refractivity contribution in [3.8, 4) is 0 Å². The lowest BCUT2D eigenvalue weighted by Crippen LogP contribution is -1.92. The van der Waals surface area contributed by atoms with E-state index in [1.54, 1.807) is 24.4 Å². The molecule has 0 saturated heterocycles. The molecular formula is C13H8F3N. The van der Waals surface area contributed by atoms with E-state index in [1.165, 1.54) is 18.2 Å². The molecule has 0 fully saturated rings. The molecule has 2 aromatic rings. The molecule has 0 amide bonds. The van der Waals surface area contributed by atoms with Gasteiger partial charge in [0.25, 0.3) is 0 Å². The SMILES string of the molecule is Fc1ccc(C=Cc2ccccn2)c(F)c1F. The standard InChI is InChI=1S/C13H8F3N/c14-11-7-5-9(12(15)13(11)16)4-6-10-3-1-2-8-17-10/h1-8H. The lowest BCUT2D eigenvalue weighted by atomic mass is 10.1. The first-order valence-corrected chi connectivity index (χ1v) is 4.91. The van der Waals surface area contributed by atoms with Crippen molar-refractivity contribution >= 4 is 12.2 Å². The maximum atomic E-state index is 13.3. The van der Waals surface area contributed by atoms with E-state index < -0.39 is 17.5 Å². The molecular weight excluding hydrogens is 227 g/mol. The summed E-state index contributed by atoms with van der Waals surface area (Å²) in [5.41, 5.74) is 0.589. The molecule has 4 heteroatoms. The van der Waals surface area contributed by atoms with Crippen molar-refractivity contribution in [1.82, 2.24) is 4.98 Å². The minimum Gasteiger partial charge on any atom is -0.257 e. The number of halogens is 3. The third-order valence-corrected chi connectivity index (χ3v) is 2.19. The maximum absolute atomic E-state index is 13.3. The van der Waals surface area contributed by atoms with Crippen LogP contribution in [-0.2, 0) is 0 Å². The van der Waals surface area contributed by atoms with Crippen molar-refractivity contribution in [3.05, 3.63) is 65.2 Å². The van der Waals surface area contributed by atoms with Crippen LogP contribution in [0.4, 0.5) is 13.2 Å². The van der Waals surface area contributed by atoms with Gasteiger partial charge in [0, 0.05) is 11.8 Å². The Morgan fingerprint density at radius 3 is 2.41 bits per heavy atom. The minimum atomic E-state index is -1.46. The summed E-state index contributed by atoms with van der Waals surface area (Å²) < 4.78 is 38.9. The highest BCUT2D eigenvalue weighted by molar-refractivity contribution is 5.68. The van der Waals surface area contributed by atoms with Crippen molar-refractivity contribution in [2.24, 2.45) is 0 Å². The number of pyridine rings is 1. The quantitative estimate of drug-likeness (QED) is 0.724. The lowest BCUT2D eigenvalue weighted by Gasteiger charge is -1.99. The van der Waals surface area contributed by atoms with E-state index in [0.29, 0.717) is 5.69 Å². The highest BCUT2D eigenvalue weighted by Gasteiger charge is 2.10. The molecule has 17 heavy (non-hydrogen) atoms. The van der Waals surface area contributed by atoms with E-state index in [4.69, 9.17) is 0 Å². The normalized spacial score (nSPS) is 11.0. The first kappa shape index (κ1) is 11.4. The topological polar surface area (TPSA) is 12.9 Å². The number of nitrogens with zero attached hydrogens (tertiary/aromatic N) is 1. The maximum Gasteiger partial charge on any atom is 0.195 e. The predicted octanol–water partition coefficient (Wildman–Crippen LogP) is 3.67. The molecule has 1 heterocycles. The molecule has 0 N–H and O–H groups in total. The van der Waals surface area contributed by atoms with E-state index in [-0.39, 0.29) is 5.56 Å². The van der Waals surface area contributed by atoms with Crippen molar-refractivity contribution in [1.29, 1.82) is 0 Å². The number of hydrogen-bond donors (Lipinski definition) is 0. The number of benzene rings is 1.